The molecule has 0 spiro atoms. The predicted molar refractivity (Wildman–Crippen MR) is 160 cm³/mol. The van der Waals surface area contributed by atoms with Gasteiger partial charge in [0.1, 0.15) is 11.9 Å². The maximum Gasteiger partial charge on any atom is 0.192 e. The second-order valence-electron chi connectivity index (χ2n) is 14.6. The van der Waals surface area contributed by atoms with E-state index in [0.29, 0.717) is 5.92 Å². The fraction of sp³-hybridized carbons (Fsp3) is 0.618. The number of halogens is 1. The number of fused-ring (bicyclic) bond motifs is 1. The minimum absolute atomic E-state index is 0.0436. The van der Waals surface area contributed by atoms with E-state index in [4.69, 9.17) is 9.41 Å². The van der Waals surface area contributed by atoms with Crippen LogP contribution in [-0.2, 0) is 10.8 Å². The van der Waals surface area contributed by atoms with Crippen molar-refractivity contribution < 1.29 is 13.9 Å². The monoisotopic (exact) mass is 549 g/mol. The first-order chi connectivity index (χ1) is 18.3. The third-order valence-corrected chi connectivity index (χ3v) is 14.4. The van der Waals surface area contributed by atoms with Crippen LogP contribution in [-0.4, -0.2) is 18.4 Å². The van der Waals surface area contributed by atoms with Crippen molar-refractivity contribution in [2.24, 2.45) is 5.41 Å². The number of hydrogen-bond acceptors (Lipinski definition) is 3. The Balaban J connectivity index is 1.77. The Hall–Kier alpha value is -1.82. The lowest BCUT2D eigenvalue weighted by molar-refractivity contribution is 0.104. The van der Waals surface area contributed by atoms with Gasteiger partial charge in [0.2, 0.25) is 0 Å². The average Bonchev–Trinajstić information content (AvgIpc) is 3.56. The van der Waals surface area contributed by atoms with E-state index in [9.17, 15) is 9.50 Å². The molecule has 2 unspecified atom stereocenters. The summed E-state index contributed by atoms with van der Waals surface area (Å²) in [5, 5.41) is 12.2. The number of benzene rings is 1. The van der Waals surface area contributed by atoms with Gasteiger partial charge in [0.05, 0.1) is 11.8 Å². The highest BCUT2D eigenvalue weighted by Crippen LogP contribution is 2.53. The van der Waals surface area contributed by atoms with Gasteiger partial charge < -0.3 is 9.53 Å². The largest absolute Gasteiger partial charge is 0.410 e. The number of hydrogen-bond donors (Lipinski definition) is 1. The van der Waals surface area contributed by atoms with Crippen LogP contribution in [0.1, 0.15) is 137 Å². The van der Waals surface area contributed by atoms with Crippen molar-refractivity contribution in [2.45, 2.75) is 128 Å². The zero-order valence-corrected chi connectivity index (χ0v) is 26.1. The highest BCUT2D eigenvalue weighted by atomic mass is 28.4. The second-order valence-corrected chi connectivity index (χ2v) is 19.4. The van der Waals surface area contributed by atoms with Crippen molar-refractivity contribution in [1.82, 2.24) is 4.98 Å². The third kappa shape index (κ3) is 5.69. The number of aliphatic hydroxyl groups is 1. The van der Waals surface area contributed by atoms with Crippen LogP contribution in [0.2, 0.25) is 18.1 Å². The van der Waals surface area contributed by atoms with E-state index < -0.39 is 14.4 Å². The lowest BCUT2D eigenvalue weighted by Crippen LogP contribution is -2.44. The molecule has 5 rings (SSSR count). The number of nitrogens with zero attached hydrogens (tertiary/aromatic N) is 1. The number of pyridine rings is 1. The van der Waals surface area contributed by atoms with Crippen molar-refractivity contribution in [1.29, 1.82) is 0 Å². The van der Waals surface area contributed by atoms with E-state index in [-0.39, 0.29) is 28.3 Å². The molecular weight excluding hydrogens is 501 g/mol. The molecular formula is C34H48FNO2Si. The zero-order valence-electron chi connectivity index (χ0n) is 25.1. The maximum absolute atomic E-state index is 13.9. The fourth-order valence-corrected chi connectivity index (χ4v) is 8.11. The van der Waals surface area contributed by atoms with Crippen LogP contribution < -0.4 is 0 Å². The summed E-state index contributed by atoms with van der Waals surface area (Å²) in [7, 11) is -2.09. The summed E-state index contributed by atoms with van der Waals surface area (Å²) >= 11 is 0. The van der Waals surface area contributed by atoms with E-state index in [1.54, 1.807) is 12.1 Å². The molecule has 1 N–H and O–H groups in total. The molecule has 3 aliphatic carbocycles. The molecule has 3 nitrogen and oxygen atoms in total. The molecule has 0 saturated heterocycles. The number of rotatable bonds is 6. The van der Waals surface area contributed by atoms with E-state index in [2.05, 4.69) is 59.9 Å². The van der Waals surface area contributed by atoms with Crippen molar-refractivity contribution in [3.8, 4) is 0 Å². The minimum atomic E-state index is -2.09. The summed E-state index contributed by atoms with van der Waals surface area (Å²) in [6.07, 6.45) is 12.4. The van der Waals surface area contributed by atoms with Crippen molar-refractivity contribution in [3.05, 3.63) is 75.9 Å². The number of aliphatic hydroxyl groups excluding tert-OH is 1. The van der Waals surface area contributed by atoms with Gasteiger partial charge in [-0.2, -0.15) is 0 Å². The highest BCUT2D eigenvalue weighted by molar-refractivity contribution is 6.74. The molecule has 2 aromatic rings. The maximum atomic E-state index is 13.9. The summed E-state index contributed by atoms with van der Waals surface area (Å²) in [6, 6.07) is 6.39. The van der Waals surface area contributed by atoms with E-state index >= 15 is 0 Å². The van der Waals surface area contributed by atoms with Gasteiger partial charge in [0.15, 0.2) is 8.32 Å². The number of aromatic nitrogens is 1. The summed E-state index contributed by atoms with van der Waals surface area (Å²) < 4.78 is 21.2. The smallest absolute Gasteiger partial charge is 0.192 e. The lowest BCUT2D eigenvalue weighted by Gasteiger charge is -2.45. The first kappa shape index (κ1) is 28.7. The molecule has 212 valence electrons. The molecule has 5 heteroatoms. The van der Waals surface area contributed by atoms with E-state index in [0.717, 1.165) is 55.3 Å². The van der Waals surface area contributed by atoms with Gasteiger partial charge in [-0.3, -0.25) is 4.98 Å². The van der Waals surface area contributed by atoms with Crippen molar-refractivity contribution >= 4 is 8.32 Å². The molecule has 3 atom stereocenters. The summed E-state index contributed by atoms with van der Waals surface area (Å²) in [5.41, 5.74) is 6.57. The Bertz CT molecular complexity index is 1220. The van der Waals surface area contributed by atoms with Crippen LogP contribution >= 0.6 is 0 Å². The third-order valence-electron chi connectivity index (χ3n) is 9.96. The molecule has 3 aliphatic rings. The van der Waals surface area contributed by atoms with Gasteiger partial charge in [-0.05, 0) is 85.3 Å². The van der Waals surface area contributed by atoms with Crippen LogP contribution in [0, 0.1) is 11.2 Å². The summed E-state index contributed by atoms with van der Waals surface area (Å²) in [6.45, 7) is 16.3. The van der Waals surface area contributed by atoms with Gasteiger partial charge in [-0.25, -0.2) is 4.39 Å². The Morgan fingerprint density at radius 3 is 2.31 bits per heavy atom. The highest BCUT2D eigenvalue weighted by Gasteiger charge is 2.45. The molecule has 39 heavy (non-hydrogen) atoms. The van der Waals surface area contributed by atoms with Gasteiger partial charge in [-0.1, -0.05) is 71.7 Å². The van der Waals surface area contributed by atoms with Gasteiger partial charge in [0.25, 0.3) is 0 Å². The van der Waals surface area contributed by atoms with E-state index in [1.807, 2.05) is 0 Å². The van der Waals surface area contributed by atoms with Crippen LogP contribution in [0.3, 0.4) is 0 Å². The molecule has 0 aliphatic heterocycles. The molecule has 1 aromatic carbocycles. The standard InChI is InChI=1S/C34H48FNO2Si/c1-33(2,3)39(6,7)38-27-21-34(4,5)20-26-29(27)28(22-12-8-9-13-22)30(31(36-26)23-14-10-11-15-23)32(37)24-16-18-25(35)19-17-24/h8,12,16-19,22-23,27,32,37H,9-11,13-15,20-21H2,1-7H3/t22?,27?,32-/m1/s1. The normalized spacial score (nSPS) is 24.2. The minimum Gasteiger partial charge on any atom is -0.410 e. The molecule has 0 radical (unpaired) electrons. The quantitative estimate of drug-likeness (QED) is 0.288. The number of allylic oxidation sites excluding steroid dienone is 2. The van der Waals surface area contributed by atoms with Crippen LogP contribution in [0.5, 0.6) is 0 Å². The molecule has 1 heterocycles. The average molecular weight is 550 g/mol. The molecule has 0 bridgehead atoms. The summed E-state index contributed by atoms with van der Waals surface area (Å²) in [4.78, 5) is 5.51. The van der Waals surface area contributed by atoms with Crippen LogP contribution in [0.25, 0.3) is 0 Å². The zero-order chi connectivity index (χ0) is 28.2. The first-order valence-electron chi connectivity index (χ1n) is 15.1. The lowest BCUT2D eigenvalue weighted by atomic mass is 9.70. The topological polar surface area (TPSA) is 42.4 Å². The predicted octanol–water partition coefficient (Wildman–Crippen LogP) is 9.43. The Morgan fingerprint density at radius 2 is 1.72 bits per heavy atom. The molecule has 1 aromatic heterocycles. The first-order valence-corrected chi connectivity index (χ1v) is 18.0. The Kier molecular flexibility index (Phi) is 7.75. The van der Waals surface area contributed by atoms with Crippen molar-refractivity contribution in [3.63, 3.8) is 0 Å². The van der Waals surface area contributed by atoms with Gasteiger partial charge in [-0.15, -0.1) is 0 Å². The fourth-order valence-electron chi connectivity index (χ4n) is 6.84. The molecule has 1 saturated carbocycles. The van der Waals surface area contributed by atoms with Crippen molar-refractivity contribution in [2.75, 3.05) is 0 Å². The van der Waals surface area contributed by atoms with Gasteiger partial charge >= 0.3 is 0 Å². The Morgan fingerprint density at radius 1 is 1.05 bits per heavy atom. The molecule has 1 fully saturated rings. The van der Waals surface area contributed by atoms with Crippen LogP contribution in [0.4, 0.5) is 4.39 Å². The van der Waals surface area contributed by atoms with E-state index in [1.165, 1.54) is 41.8 Å². The molecule has 0 amide bonds. The van der Waals surface area contributed by atoms with Crippen LogP contribution in [0.15, 0.2) is 36.4 Å². The van der Waals surface area contributed by atoms with Gasteiger partial charge in [0, 0.05) is 28.7 Å². The SMILES string of the molecule is CC1(C)Cc2nc(C3CCCC3)c([C@H](O)c3ccc(F)cc3)c(C3C=CCC3)c2C(O[Si](C)(C)C(C)(C)C)C1. The second kappa shape index (κ2) is 10.5. The Labute approximate surface area is 236 Å². The summed E-state index contributed by atoms with van der Waals surface area (Å²) in [5.74, 6) is 0.308.